The number of aryl methyl sites for hydroxylation is 1. The molecular formula is C13H16N4O2. The number of aromatic nitrogens is 2. The first-order valence-electron chi connectivity index (χ1n) is 5.93. The molecule has 1 aromatic heterocycles. The van der Waals surface area contributed by atoms with E-state index in [4.69, 9.17) is 10.5 Å². The molecule has 1 aromatic carbocycles. The number of hydrogen-bond donors (Lipinski definition) is 2. The quantitative estimate of drug-likeness (QED) is 0.877. The Morgan fingerprint density at radius 2 is 2.21 bits per heavy atom. The zero-order chi connectivity index (χ0) is 13.8. The van der Waals surface area contributed by atoms with Gasteiger partial charge >= 0.3 is 0 Å². The second kappa shape index (κ2) is 5.43. The highest BCUT2D eigenvalue weighted by Crippen LogP contribution is 2.24. The molecule has 0 bridgehead atoms. The van der Waals surface area contributed by atoms with Crippen molar-refractivity contribution in [3.05, 3.63) is 36.2 Å². The maximum absolute atomic E-state index is 12.1. The van der Waals surface area contributed by atoms with Crippen LogP contribution in [0.3, 0.4) is 0 Å². The highest BCUT2D eigenvalue weighted by atomic mass is 16.5. The Balaban J connectivity index is 2.23. The maximum Gasteiger partial charge on any atom is 0.278 e. The zero-order valence-electron chi connectivity index (χ0n) is 10.9. The van der Waals surface area contributed by atoms with E-state index in [0.717, 1.165) is 0 Å². The molecule has 0 saturated heterocycles. The van der Waals surface area contributed by atoms with Crippen LogP contribution in [0, 0.1) is 0 Å². The van der Waals surface area contributed by atoms with E-state index in [0.29, 0.717) is 23.7 Å². The van der Waals surface area contributed by atoms with Crippen LogP contribution < -0.4 is 15.8 Å². The predicted molar refractivity (Wildman–Crippen MR) is 73.3 cm³/mol. The molecule has 1 heterocycles. The normalized spacial score (nSPS) is 10.2. The van der Waals surface area contributed by atoms with Gasteiger partial charge in [0.15, 0.2) is 5.69 Å². The van der Waals surface area contributed by atoms with Gasteiger partial charge in [-0.25, -0.2) is 0 Å². The smallest absolute Gasteiger partial charge is 0.278 e. The number of para-hydroxylation sites is 2. The Morgan fingerprint density at radius 3 is 2.84 bits per heavy atom. The first-order valence-corrected chi connectivity index (χ1v) is 5.93. The van der Waals surface area contributed by atoms with Crippen LogP contribution in [-0.2, 0) is 6.54 Å². The monoisotopic (exact) mass is 260 g/mol. The van der Waals surface area contributed by atoms with Crippen LogP contribution in [0.4, 0.5) is 11.4 Å². The van der Waals surface area contributed by atoms with E-state index < -0.39 is 0 Å². The van der Waals surface area contributed by atoms with Crippen molar-refractivity contribution in [3.63, 3.8) is 0 Å². The molecular weight excluding hydrogens is 244 g/mol. The number of methoxy groups -OCH3 is 1. The summed E-state index contributed by atoms with van der Waals surface area (Å²) in [5, 5.41) is 6.85. The third-order valence-electron chi connectivity index (χ3n) is 2.68. The Kier molecular flexibility index (Phi) is 3.70. The van der Waals surface area contributed by atoms with Crippen molar-refractivity contribution in [1.29, 1.82) is 0 Å². The summed E-state index contributed by atoms with van der Waals surface area (Å²) in [5.41, 5.74) is 6.92. The lowest BCUT2D eigenvalue weighted by molar-refractivity contribution is 0.102. The van der Waals surface area contributed by atoms with E-state index in [2.05, 4.69) is 10.4 Å². The van der Waals surface area contributed by atoms with Crippen LogP contribution >= 0.6 is 0 Å². The van der Waals surface area contributed by atoms with Crippen LogP contribution in [0.1, 0.15) is 17.4 Å². The molecule has 6 heteroatoms. The second-order valence-corrected chi connectivity index (χ2v) is 3.94. The second-order valence-electron chi connectivity index (χ2n) is 3.94. The molecule has 0 radical (unpaired) electrons. The number of anilines is 2. The number of nitrogen functional groups attached to an aromatic ring is 1. The standard InChI is InChI=1S/C13H16N4O2/c1-3-17-8-9(14)12(16-17)13(18)15-10-6-4-5-7-11(10)19-2/h4-8H,3,14H2,1-2H3,(H,15,18). The van der Waals surface area contributed by atoms with Crippen molar-refractivity contribution < 1.29 is 9.53 Å². The van der Waals surface area contributed by atoms with Crippen LogP contribution in [0.2, 0.25) is 0 Å². The number of ether oxygens (including phenoxy) is 1. The molecule has 0 fully saturated rings. The van der Waals surface area contributed by atoms with E-state index in [1.807, 2.05) is 19.1 Å². The first kappa shape index (κ1) is 12.9. The van der Waals surface area contributed by atoms with Gasteiger partial charge in [0.05, 0.1) is 18.5 Å². The molecule has 0 saturated carbocycles. The van der Waals surface area contributed by atoms with Crippen molar-refractivity contribution in [2.45, 2.75) is 13.5 Å². The predicted octanol–water partition coefficient (Wildman–Crippen LogP) is 1.75. The molecule has 2 rings (SSSR count). The molecule has 0 atom stereocenters. The number of carbonyl (C=O) groups is 1. The fourth-order valence-electron chi connectivity index (χ4n) is 1.70. The van der Waals surface area contributed by atoms with Crippen molar-refractivity contribution in [1.82, 2.24) is 9.78 Å². The molecule has 2 aromatic rings. The van der Waals surface area contributed by atoms with E-state index in [1.165, 1.54) is 0 Å². The van der Waals surface area contributed by atoms with Crippen LogP contribution in [-0.4, -0.2) is 22.8 Å². The highest BCUT2D eigenvalue weighted by Gasteiger charge is 2.16. The lowest BCUT2D eigenvalue weighted by Crippen LogP contribution is -2.15. The summed E-state index contributed by atoms with van der Waals surface area (Å²) in [6, 6.07) is 7.16. The minimum Gasteiger partial charge on any atom is -0.495 e. The Bertz CT molecular complexity index is 592. The van der Waals surface area contributed by atoms with E-state index in [9.17, 15) is 4.79 Å². The highest BCUT2D eigenvalue weighted by molar-refractivity contribution is 6.06. The largest absolute Gasteiger partial charge is 0.495 e. The number of carbonyl (C=O) groups excluding carboxylic acids is 1. The van der Waals surface area contributed by atoms with Gasteiger partial charge in [-0.15, -0.1) is 0 Å². The molecule has 19 heavy (non-hydrogen) atoms. The molecule has 0 unspecified atom stereocenters. The average Bonchev–Trinajstić information content (AvgIpc) is 2.80. The molecule has 0 aliphatic rings. The third kappa shape index (κ3) is 2.67. The summed E-state index contributed by atoms with van der Waals surface area (Å²) in [6.45, 7) is 2.58. The molecule has 1 amide bonds. The van der Waals surface area contributed by atoms with E-state index in [1.54, 1.807) is 30.1 Å². The molecule has 0 aliphatic carbocycles. The number of nitrogens with one attached hydrogen (secondary N) is 1. The average molecular weight is 260 g/mol. The number of rotatable bonds is 4. The first-order chi connectivity index (χ1) is 9.15. The van der Waals surface area contributed by atoms with Crippen LogP contribution in [0.15, 0.2) is 30.5 Å². The van der Waals surface area contributed by atoms with Gasteiger partial charge < -0.3 is 15.8 Å². The summed E-state index contributed by atoms with van der Waals surface area (Å²) in [7, 11) is 1.55. The molecule has 3 N–H and O–H groups in total. The third-order valence-corrected chi connectivity index (χ3v) is 2.68. The van der Waals surface area contributed by atoms with Crippen molar-refractivity contribution in [2.75, 3.05) is 18.2 Å². The van der Waals surface area contributed by atoms with Gasteiger partial charge in [0, 0.05) is 12.7 Å². The number of nitrogens with two attached hydrogens (primary N) is 1. The summed E-state index contributed by atoms with van der Waals surface area (Å²) >= 11 is 0. The molecule has 0 aliphatic heterocycles. The van der Waals surface area contributed by atoms with Crippen molar-refractivity contribution in [3.8, 4) is 5.75 Å². The maximum atomic E-state index is 12.1. The zero-order valence-corrected chi connectivity index (χ0v) is 10.9. The summed E-state index contributed by atoms with van der Waals surface area (Å²) in [6.07, 6.45) is 1.64. The fourth-order valence-corrected chi connectivity index (χ4v) is 1.70. The molecule has 6 nitrogen and oxygen atoms in total. The van der Waals surface area contributed by atoms with Gasteiger partial charge in [-0.2, -0.15) is 5.10 Å². The van der Waals surface area contributed by atoms with Gasteiger partial charge in [-0.3, -0.25) is 9.48 Å². The number of hydrogen-bond acceptors (Lipinski definition) is 4. The van der Waals surface area contributed by atoms with Gasteiger partial charge in [-0.1, -0.05) is 12.1 Å². The minimum atomic E-state index is -0.353. The van der Waals surface area contributed by atoms with E-state index >= 15 is 0 Å². The topological polar surface area (TPSA) is 82.2 Å². The Morgan fingerprint density at radius 1 is 1.47 bits per heavy atom. The van der Waals surface area contributed by atoms with Crippen LogP contribution in [0.25, 0.3) is 0 Å². The van der Waals surface area contributed by atoms with Gasteiger partial charge in [0.25, 0.3) is 5.91 Å². The minimum absolute atomic E-state index is 0.216. The lowest BCUT2D eigenvalue weighted by atomic mass is 10.2. The summed E-state index contributed by atoms with van der Waals surface area (Å²) in [4.78, 5) is 12.1. The lowest BCUT2D eigenvalue weighted by Gasteiger charge is -2.08. The molecule has 0 spiro atoms. The number of amides is 1. The van der Waals surface area contributed by atoms with Gasteiger partial charge in [0.2, 0.25) is 0 Å². The van der Waals surface area contributed by atoms with Crippen molar-refractivity contribution >= 4 is 17.3 Å². The molecule has 100 valence electrons. The Labute approximate surface area is 111 Å². The van der Waals surface area contributed by atoms with Crippen molar-refractivity contribution in [2.24, 2.45) is 0 Å². The van der Waals surface area contributed by atoms with E-state index in [-0.39, 0.29) is 11.6 Å². The van der Waals surface area contributed by atoms with Crippen LogP contribution in [0.5, 0.6) is 5.75 Å². The number of benzene rings is 1. The van der Waals surface area contributed by atoms with Gasteiger partial charge in [0.1, 0.15) is 5.75 Å². The fraction of sp³-hybridized carbons (Fsp3) is 0.231. The SMILES string of the molecule is CCn1cc(N)c(C(=O)Nc2ccccc2OC)n1. The van der Waals surface area contributed by atoms with Gasteiger partial charge in [-0.05, 0) is 19.1 Å². The Hall–Kier alpha value is -2.50. The number of nitrogens with zero attached hydrogens (tertiary/aromatic N) is 2. The summed E-state index contributed by atoms with van der Waals surface area (Å²) < 4.78 is 6.78. The summed E-state index contributed by atoms with van der Waals surface area (Å²) in [5.74, 6) is 0.235.